The molecule has 0 bridgehead atoms. The summed E-state index contributed by atoms with van der Waals surface area (Å²) in [6.45, 7) is 5.13. The lowest BCUT2D eigenvalue weighted by molar-refractivity contribution is 0.588. The predicted molar refractivity (Wildman–Crippen MR) is 126 cm³/mol. The van der Waals surface area contributed by atoms with E-state index in [1.54, 1.807) is 36.4 Å². The van der Waals surface area contributed by atoms with Crippen LogP contribution in [0.25, 0.3) is 0 Å². The molecule has 0 amide bonds. The van der Waals surface area contributed by atoms with Crippen LogP contribution in [-0.4, -0.2) is 34.9 Å². The van der Waals surface area contributed by atoms with Crippen molar-refractivity contribution in [1.29, 1.82) is 0 Å². The SMILES string of the molecule is Cc1ccc(S(=O)(=O)c2nc(S(=O)(=O)c3ccc(C)cc3)c(N3CCCCCC3)s2)cc1. The molecule has 1 fully saturated rings. The van der Waals surface area contributed by atoms with Gasteiger partial charge in [0.05, 0.1) is 9.79 Å². The summed E-state index contributed by atoms with van der Waals surface area (Å²) in [6, 6.07) is 13.1. The minimum absolute atomic E-state index is 0.110. The normalized spacial score (nSPS) is 15.5. The fourth-order valence-corrected chi connectivity index (χ4v) is 8.17. The van der Waals surface area contributed by atoms with Gasteiger partial charge in [-0.3, -0.25) is 0 Å². The Bertz CT molecular complexity index is 1300. The van der Waals surface area contributed by atoms with Crippen LogP contribution in [-0.2, 0) is 19.7 Å². The summed E-state index contributed by atoms with van der Waals surface area (Å²) in [7, 11) is -7.92. The zero-order chi connectivity index (χ0) is 22.9. The van der Waals surface area contributed by atoms with Crippen LogP contribution >= 0.6 is 11.3 Å². The van der Waals surface area contributed by atoms with Gasteiger partial charge in [-0.2, -0.15) is 0 Å². The number of thiazole rings is 1. The van der Waals surface area contributed by atoms with Crippen molar-refractivity contribution in [2.75, 3.05) is 18.0 Å². The van der Waals surface area contributed by atoms with Crippen molar-refractivity contribution in [3.63, 3.8) is 0 Å². The molecule has 2 heterocycles. The molecule has 0 N–H and O–H groups in total. The van der Waals surface area contributed by atoms with Gasteiger partial charge in [-0.05, 0) is 51.0 Å². The van der Waals surface area contributed by atoms with Crippen molar-refractivity contribution in [3.05, 3.63) is 59.7 Å². The molecule has 4 rings (SSSR count). The second kappa shape index (κ2) is 8.96. The molecule has 0 saturated carbocycles. The highest BCUT2D eigenvalue weighted by Crippen LogP contribution is 2.39. The van der Waals surface area contributed by atoms with E-state index in [0.717, 1.165) is 48.1 Å². The number of sulfone groups is 2. The summed E-state index contributed by atoms with van der Waals surface area (Å²) in [5.41, 5.74) is 1.88. The number of hydrogen-bond acceptors (Lipinski definition) is 7. The van der Waals surface area contributed by atoms with E-state index in [1.807, 2.05) is 18.7 Å². The second-order valence-corrected chi connectivity index (χ2v) is 13.1. The molecule has 0 aliphatic carbocycles. The van der Waals surface area contributed by atoms with Crippen LogP contribution in [0.1, 0.15) is 36.8 Å². The van der Waals surface area contributed by atoms with Gasteiger partial charge in [-0.1, -0.05) is 59.6 Å². The number of aromatic nitrogens is 1. The summed E-state index contributed by atoms with van der Waals surface area (Å²) in [5, 5.41) is 0.247. The van der Waals surface area contributed by atoms with Crippen molar-refractivity contribution in [2.45, 2.75) is 58.7 Å². The van der Waals surface area contributed by atoms with E-state index in [4.69, 9.17) is 0 Å². The largest absolute Gasteiger partial charge is 0.361 e. The first kappa shape index (κ1) is 22.9. The monoisotopic (exact) mass is 490 g/mol. The molecular weight excluding hydrogens is 464 g/mol. The van der Waals surface area contributed by atoms with E-state index in [-0.39, 0.29) is 19.2 Å². The van der Waals surface area contributed by atoms with E-state index in [2.05, 4.69) is 4.98 Å². The zero-order valence-corrected chi connectivity index (χ0v) is 20.6. The van der Waals surface area contributed by atoms with Crippen LogP contribution in [0.15, 0.2) is 67.7 Å². The summed E-state index contributed by atoms with van der Waals surface area (Å²) in [6.07, 6.45) is 4.01. The van der Waals surface area contributed by atoms with Crippen LogP contribution in [0.2, 0.25) is 0 Å². The summed E-state index contributed by atoms with van der Waals surface area (Å²) in [4.78, 5) is 6.47. The highest BCUT2D eigenvalue weighted by molar-refractivity contribution is 7.94. The molecule has 0 atom stereocenters. The maximum Gasteiger partial charge on any atom is 0.233 e. The van der Waals surface area contributed by atoms with Gasteiger partial charge in [-0.25, -0.2) is 21.8 Å². The third-order valence-corrected chi connectivity index (χ3v) is 10.7. The Morgan fingerprint density at radius 1 is 0.719 bits per heavy atom. The van der Waals surface area contributed by atoms with Gasteiger partial charge in [0.1, 0.15) is 5.00 Å². The number of nitrogens with zero attached hydrogens (tertiary/aromatic N) is 2. The first-order valence-electron chi connectivity index (χ1n) is 10.6. The lowest BCUT2D eigenvalue weighted by Crippen LogP contribution is -2.24. The molecule has 32 heavy (non-hydrogen) atoms. The fraction of sp³-hybridized carbons (Fsp3) is 0.348. The highest BCUT2D eigenvalue weighted by atomic mass is 32.2. The predicted octanol–water partition coefficient (Wildman–Crippen LogP) is 4.81. The van der Waals surface area contributed by atoms with E-state index in [9.17, 15) is 16.8 Å². The lowest BCUT2D eigenvalue weighted by Gasteiger charge is -2.21. The maximum atomic E-state index is 13.5. The average molecular weight is 491 g/mol. The van der Waals surface area contributed by atoms with Crippen LogP contribution in [0.3, 0.4) is 0 Å². The minimum Gasteiger partial charge on any atom is -0.361 e. The van der Waals surface area contributed by atoms with E-state index >= 15 is 0 Å². The van der Waals surface area contributed by atoms with Crippen LogP contribution < -0.4 is 4.90 Å². The third kappa shape index (κ3) is 4.46. The number of hydrogen-bond donors (Lipinski definition) is 0. The molecule has 0 unspecified atom stereocenters. The summed E-state index contributed by atoms with van der Waals surface area (Å²) < 4.78 is 53.5. The van der Waals surface area contributed by atoms with Crippen molar-refractivity contribution >= 4 is 36.0 Å². The van der Waals surface area contributed by atoms with Gasteiger partial charge in [0.15, 0.2) is 5.03 Å². The van der Waals surface area contributed by atoms with Crippen LogP contribution in [0.5, 0.6) is 0 Å². The van der Waals surface area contributed by atoms with E-state index in [0.29, 0.717) is 18.1 Å². The smallest absolute Gasteiger partial charge is 0.233 e. The molecule has 0 spiro atoms. The molecule has 0 radical (unpaired) electrons. The molecule has 3 aromatic rings. The first-order valence-corrected chi connectivity index (χ1v) is 14.4. The van der Waals surface area contributed by atoms with Gasteiger partial charge in [0.25, 0.3) is 0 Å². The molecule has 1 aliphatic rings. The first-order chi connectivity index (χ1) is 15.2. The zero-order valence-electron chi connectivity index (χ0n) is 18.1. The molecule has 1 aromatic heterocycles. The van der Waals surface area contributed by atoms with Crippen LogP contribution in [0, 0.1) is 13.8 Å². The Morgan fingerprint density at radius 2 is 1.19 bits per heavy atom. The molecular formula is C23H26N2O4S3. The second-order valence-electron chi connectivity index (χ2n) is 8.12. The topological polar surface area (TPSA) is 84.4 Å². The minimum atomic E-state index is -3.98. The van der Waals surface area contributed by atoms with Crippen LogP contribution in [0.4, 0.5) is 5.00 Å². The van der Waals surface area contributed by atoms with Gasteiger partial charge in [0, 0.05) is 13.1 Å². The number of benzene rings is 2. The van der Waals surface area contributed by atoms with Gasteiger partial charge in [0.2, 0.25) is 24.0 Å². The van der Waals surface area contributed by atoms with E-state index in [1.165, 1.54) is 12.1 Å². The summed E-state index contributed by atoms with van der Waals surface area (Å²) >= 11 is 0.954. The quantitative estimate of drug-likeness (QED) is 0.510. The van der Waals surface area contributed by atoms with Crippen molar-refractivity contribution in [3.8, 4) is 0 Å². The summed E-state index contributed by atoms with van der Waals surface area (Å²) in [5.74, 6) is 0. The fourth-order valence-electron chi connectivity index (χ4n) is 3.69. The van der Waals surface area contributed by atoms with E-state index < -0.39 is 19.7 Å². The molecule has 1 saturated heterocycles. The Kier molecular flexibility index (Phi) is 6.42. The molecule has 6 nitrogen and oxygen atoms in total. The standard InChI is InChI=1S/C23H26N2O4S3/c1-17-7-11-19(12-8-17)31(26,27)21-22(25-15-5-3-4-6-16-25)30-23(24-21)32(28,29)20-13-9-18(2)10-14-20/h7-14H,3-6,15-16H2,1-2H3. The van der Waals surface area contributed by atoms with Crippen molar-refractivity contribution < 1.29 is 16.8 Å². The third-order valence-electron chi connectivity index (χ3n) is 5.60. The Hall–Kier alpha value is -2.23. The Balaban J connectivity index is 1.87. The van der Waals surface area contributed by atoms with Crippen molar-refractivity contribution in [1.82, 2.24) is 4.98 Å². The lowest BCUT2D eigenvalue weighted by atomic mass is 10.2. The number of aryl methyl sites for hydroxylation is 2. The Labute approximate surface area is 193 Å². The average Bonchev–Trinajstić information content (AvgIpc) is 3.06. The van der Waals surface area contributed by atoms with Gasteiger partial charge < -0.3 is 4.90 Å². The van der Waals surface area contributed by atoms with Crippen molar-refractivity contribution in [2.24, 2.45) is 0 Å². The molecule has 170 valence electrons. The van der Waals surface area contributed by atoms with Gasteiger partial charge in [-0.15, -0.1) is 0 Å². The highest BCUT2D eigenvalue weighted by Gasteiger charge is 2.33. The Morgan fingerprint density at radius 3 is 1.69 bits per heavy atom. The number of anilines is 1. The molecule has 1 aliphatic heterocycles. The molecule has 9 heteroatoms. The van der Waals surface area contributed by atoms with Gasteiger partial charge >= 0.3 is 0 Å². The number of rotatable bonds is 5. The maximum absolute atomic E-state index is 13.5. The molecule has 2 aromatic carbocycles.